The van der Waals surface area contributed by atoms with Crippen LogP contribution in [-0.2, 0) is 4.79 Å². The number of non-ortho nitro benzene ring substituents is 1. The molecule has 1 aromatic heterocycles. The van der Waals surface area contributed by atoms with Crippen LogP contribution in [0.1, 0.15) is 7.19 Å². The summed E-state index contributed by atoms with van der Waals surface area (Å²) in [4.78, 5) is 32.5. The normalized spacial score (nSPS) is 13.9. The summed E-state index contributed by atoms with van der Waals surface area (Å²) in [5.41, 5.74) is 0.663. The molecule has 9 nitrogen and oxygen atoms in total. The second-order valence-electron chi connectivity index (χ2n) is 4.66. The molecule has 2 heterocycles. The maximum Gasteiger partial charge on any atom is 0.344 e. The molecule has 1 aromatic carbocycles. The molecule has 1 radical (unpaired) electrons. The Bertz CT molecular complexity index is 821. The van der Waals surface area contributed by atoms with Gasteiger partial charge in [0.15, 0.2) is 0 Å². The van der Waals surface area contributed by atoms with Gasteiger partial charge >= 0.3 is 6.03 Å². The van der Waals surface area contributed by atoms with Gasteiger partial charge < -0.3 is 4.42 Å². The second kappa shape index (κ2) is 7.39. The van der Waals surface area contributed by atoms with Gasteiger partial charge in [-0.15, -0.1) is 0 Å². The average Bonchev–Trinajstić information content (AvgIpc) is 3.11. The fourth-order valence-corrected chi connectivity index (χ4v) is 1.98. The number of urea groups is 1. The Kier molecular flexibility index (Phi) is 5.50. The maximum absolute atomic E-state index is 11.3. The van der Waals surface area contributed by atoms with Gasteiger partial charge in [-0.25, -0.2) is 9.80 Å². The van der Waals surface area contributed by atoms with Crippen LogP contribution >= 0.6 is 0 Å². The number of nitro groups is 1. The van der Waals surface area contributed by atoms with E-state index in [0.717, 1.165) is 5.01 Å². The minimum atomic E-state index is -0.589. The molecular formula is C14H12N4NaO5. The Morgan fingerprint density at radius 2 is 1.96 bits per heavy atom. The summed E-state index contributed by atoms with van der Waals surface area (Å²) in [7, 11) is 0. The summed E-state index contributed by atoms with van der Waals surface area (Å²) < 4.78 is 5.53. The third-order valence-electron chi connectivity index (χ3n) is 3.09. The Hall–Kier alpha value is -2.49. The summed E-state index contributed by atoms with van der Waals surface area (Å²) >= 11 is 0. The van der Waals surface area contributed by atoms with E-state index in [1.807, 2.05) is 0 Å². The standard InChI is InChI=1S/C14H10N4O5.Na.H2/c19-13-8-17(14(20)16-13)15-7-11-5-6-12(23-11)9-1-3-10(4-2-9)18(21)22;;/h1-7H,8H2,(H,16,19,20);;1H. The summed E-state index contributed by atoms with van der Waals surface area (Å²) in [5.74, 6) is 0.465. The Morgan fingerprint density at radius 3 is 2.54 bits per heavy atom. The van der Waals surface area contributed by atoms with Crippen LogP contribution in [0.4, 0.5) is 10.5 Å². The van der Waals surface area contributed by atoms with Gasteiger partial charge in [0.2, 0.25) is 5.91 Å². The van der Waals surface area contributed by atoms with Gasteiger partial charge in [0, 0.05) is 48.7 Å². The maximum atomic E-state index is 11.3. The Balaban J connectivity index is 0.00000156. The molecule has 0 spiro atoms. The molecule has 3 rings (SSSR count). The van der Waals surface area contributed by atoms with Crippen molar-refractivity contribution >= 4 is 53.4 Å². The van der Waals surface area contributed by atoms with E-state index in [1.165, 1.54) is 18.3 Å². The molecule has 1 saturated heterocycles. The topological polar surface area (TPSA) is 118 Å². The second-order valence-corrected chi connectivity index (χ2v) is 4.66. The van der Waals surface area contributed by atoms with Crippen LogP contribution in [0.2, 0.25) is 0 Å². The number of hydrogen-bond donors (Lipinski definition) is 1. The van der Waals surface area contributed by atoms with E-state index in [1.54, 1.807) is 24.3 Å². The van der Waals surface area contributed by atoms with Gasteiger partial charge in [0.25, 0.3) is 5.69 Å². The number of nitrogens with one attached hydrogen (secondary N) is 1. The molecule has 0 saturated carbocycles. The molecule has 1 fully saturated rings. The van der Waals surface area contributed by atoms with Gasteiger partial charge in [-0.3, -0.25) is 20.2 Å². The predicted octanol–water partition coefficient (Wildman–Crippen LogP) is 1.61. The number of rotatable bonds is 4. The van der Waals surface area contributed by atoms with Crippen molar-refractivity contribution in [1.82, 2.24) is 10.3 Å². The van der Waals surface area contributed by atoms with Gasteiger partial charge in [0.05, 0.1) is 11.1 Å². The fourth-order valence-electron chi connectivity index (χ4n) is 1.98. The van der Waals surface area contributed by atoms with Crippen molar-refractivity contribution in [2.75, 3.05) is 6.54 Å². The van der Waals surface area contributed by atoms with Crippen LogP contribution in [0.25, 0.3) is 11.3 Å². The largest absolute Gasteiger partial charge is 0.455 e. The van der Waals surface area contributed by atoms with E-state index in [9.17, 15) is 19.7 Å². The quantitative estimate of drug-likeness (QED) is 0.298. The van der Waals surface area contributed by atoms with Crippen LogP contribution in [0.3, 0.4) is 0 Å². The van der Waals surface area contributed by atoms with E-state index >= 15 is 0 Å². The zero-order valence-corrected chi connectivity index (χ0v) is 14.6. The third-order valence-corrected chi connectivity index (χ3v) is 3.09. The van der Waals surface area contributed by atoms with E-state index in [-0.39, 0.29) is 43.2 Å². The van der Waals surface area contributed by atoms with E-state index < -0.39 is 16.9 Å². The summed E-state index contributed by atoms with van der Waals surface area (Å²) in [6, 6.07) is 8.63. The average molecular weight is 339 g/mol. The van der Waals surface area contributed by atoms with Crippen molar-refractivity contribution in [3.63, 3.8) is 0 Å². The summed E-state index contributed by atoms with van der Waals surface area (Å²) in [6.45, 7) is -0.134. The first-order valence-electron chi connectivity index (χ1n) is 6.53. The molecule has 0 aliphatic carbocycles. The molecule has 1 aliphatic heterocycles. The van der Waals surface area contributed by atoms with E-state index in [2.05, 4.69) is 10.4 Å². The van der Waals surface area contributed by atoms with Crippen molar-refractivity contribution in [2.24, 2.45) is 5.10 Å². The first-order valence-corrected chi connectivity index (χ1v) is 6.53. The molecule has 0 bridgehead atoms. The number of furan rings is 1. The number of hydrogen-bond acceptors (Lipinski definition) is 6. The van der Waals surface area contributed by atoms with Crippen LogP contribution in [0, 0.1) is 10.1 Å². The van der Waals surface area contributed by atoms with Crippen LogP contribution in [0.5, 0.6) is 0 Å². The molecule has 24 heavy (non-hydrogen) atoms. The van der Waals surface area contributed by atoms with Crippen LogP contribution in [-0.4, -0.2) is 64.2 Å². The molecule has 119 valence electrons. The number of imide groups is 1. The minimum absolute atomic E-state index is 0. The zero-order valence-electron chi connectivity index (χ0n) is 12.6. The first-order chi connectivity index (χ1) is 11.0. The molecule has 1 aliphatic rings. The Labute approximate surface area is 159 Å². The molecule has 1 N–H and O–H groups in total. The summed E-state index contributed by atoms with van der Waals surface area (Å²) in [5, 5.41) is 17.6. The van der Waals surface area contributed by atoms with Crippen molar-refractivity contribution < 1.29 is 20.4 Å². The zero-order chi connectivity index (χ0) is 16.4. The van der Waals surface area contributed by atoms with Crippen LogP contribution in [0.15, 0.2) is 45.9 Å². The molecular weight excluding hydrogens is 327 g/mol. The number of benzene rings is 1. The predicted molar refractivity (Wildman–Crippen MR) is 86.5 cm³/mol. The number of carbonyl (C=O) groups excluding carboxylic acids is 2. The molecule has 2 aromatic rings. The molecule has 0 atom stereocenters. The SMILES string of the molecule is O=C1CN(N=Cc2ccc(-c3ccc([N+](=O)[O-])cc3)o2)C(=O)N1.[HH].[Na]. The van der Waals surface area contributed by atoms with Gasteiger partial charge in [-0.1, -0.05) is 0 Å². The van der Waals surface area contributed by atoms with Crippen molar-refractivity contribution in [2.45, 2.75) is 0 Å². The number of nitro benzene ring substituents is 1. The number of hydrazone groups is 1. The fraction of sp³-hybridized carbons (Fsp3) is 0.0714. The van der Waals surface area contributed by atoms with Gasteiger partial charge in [-0.05, 0) is 24.3 Å². The van der Waals surface area contributed by atoms with E-state index in [4.69, 9.17) is 4.42 Å². The number of amides is 3. The first kappa shape index (κ1) is 17.9. The van der Waals surface area contributed by atoms with Gasteiger partial charge in [0.1, 0.15) is 18.1 Å². The minimum Gasteiger partial charge on any atom is -0.455 e. The Morgan fingerprint density at radius 1 is 1.25 bits per heavy atom. The van der Waals surface area contributed by atoms with Crippen molar-refractivity contribution in [3.8, 4) is 11.3 Å². The molecule has 3 amide bonds. The smallest absolute Gasteiger partial charge is 0.344 e. The molecule has 10 heteroatoms. The van der Waals surface area contributed by atoms with E-state index in [0.29, 0.717) is 17.1 Å². The molecule has 0 unspecified atom stereocenters. The van der Waals surface area contributed by atoms with Crippen LogP contribution < -0.4 is 5.32 Å². The number of carbonyl (C=O) groups is 2. The van der Waals surface area contributed by atoms with Crippen molar-refractivity contribution in [1.29, 1.82) is 0 Å². The van der Waals surface area contributed by atoms with Gasteiger partial charge in [-0.2, -0.15) is 5.10 Å². The third kappa shape index (κ3) is 3.88. The monoisotopic (exact) mass is 339 g/mol. The number of nitrogens with zero attached hydrogens (tertiary/aromatic N) is 3. The summed E-state index contributed by atoms with van der Waals surface area (Å²) in [6.07, 6.45) is 1.31. The van der Waals surface area contributed by atoms with Crippen molar-refractivity contribution in [3.05, 3.63) is 52.3 Å².